The zero-order chi connectivity index (χ0) is 19.1. The van der Waals surface area contributed by atoms with Gasteiger partial charge >= 0.3 is 6.18 Å². The van der Waals surface area contributed by atoms with Crippen LogP contribution in [0.4, 0.5) is 36.6 Å². The van der Waals surface area contributed by atoms with Crippen LogP contribution in [-0.4, -0.2) is 20.5 Å². The summed E-state index contributed by atoms with van der Waals surface area (Å²) in [6, 6.07) is 0.931. The number of anilines is 1. The highest BCUT2D eigenvalue weighted by Gasteiger charge is 2.43. The first-order valence-corrected chi connectivity index (χ1v) is 6.90. The molecule has 2 rings (SSSR count). The van der Waals surface area contributed by atoms with Crippen molar-refractivity contribution in [3.63, 3.8) is 0 Å². The summed E-state index contributed by atoms with van der Waals surface area (Å²) in [6.45, 7) is 0. The van der Waals surface area contributed by atoms with Crippen molar-refractivity contribution >= 4 is 34.9 Å². The Labute approximate surface area is 144 Å². The minimum atomic E-state index is -5.68. The van der Waals surface area contributed by atoms with Crippen LogP contribution >= 0.6 is 23.2 Å². The largest absolute Gasteiger partial charge is 0.422 e. The smallest absolute Gasteiger partial charge is 0.308 e. The van der Waals surface area contributed by atoms with Crippen LogP contribution in [-0.2, 0) is 11.0 Å². The molecule has 1 heterocycles. The Morgan fingerprint density at radius 2 is 1.60 bits per heavy atom. The van der Waals surface area contributed by atoms with Gasteiger partial charge in [0.2, 0.25) is 0 Å². The van der Waals surface area contributed by atoms with Crippen LogP contribution in [0, 0.1) is 23.3 Å². The maximum absolute atomic E-state index is 14.0. The topological polar surface area (TPSA) is 46.9 Å². The molecular formula is C12H4Cl2F7N3O. The van der Waals surface area contributed by atoms with Crippen molar-refractivity contribution in [1.82, 2.24) is 9.78 Å². The van der Waals surface area contributed by atoms with Crippen molar-refractivity contribution in [3.05, 3.63) is 41.1 Å². The van der Waals surface area contributed by atoms with Crippen LogP contribution in [0.5, 0.6) is 0 Å². The molecule has 0 saturated carbocycles. The fraction of sp³-hybridized carbons (Fsp3) is 0.167. The van der Waals surface area contributed by atoms with Gasteiger partial charge in [-0.05, 0) is 0 Å². The maximum atomic E-state index is 14.0. The lowest BCUT2D eigenvalue weighted by Crippen LogP contribution is -2.22. The number of nitrogens with one attached hydrogen (secondary N) is 1. The van der Waals surface area contributed by atoms with Gasteiger partial charge in [-0.3, -0.25) is 4.79 Å². The number of aromatic nitrogens is 2. The molecule has 4 nitrogen and oxygen atoms in total. The van der Waals surface area contributed by atoms with Crippen molar-refractivity contribution in [3.8, 4) is 5.69 Å². The molecule has 0 unspecified atom stereocenters. The van der Waals surface area contributed by atoms with E-state index in [4.69, 9.17) is 23.2 Å². The second kappa shape index (κ2) is 6.71. The van der Waals surface area contributed by atoms with Crippen LogP contribution < -0.4 is 5.32 Å². The summed E-state index contributed by atoms with van der Waals surface area (Å²) in [7, 11) is 0. The molecule has 0 fully saturated rings. The van der Waals surface area contributed by atoms with Crippen LogP contribution in [0.2, 0.25) is 0 Å². The molecule has 0 aliphatic rings. The van der Waals surface area contributed by atoms with Gasteiger partial charge in [0.1, 0.15) is 17.1 Å². The van der Waals surface area contributed by atoms with Gasteiger partial charge in [0.25, 0.3) is 5.91 Å². The second-order valence-electron chi connectivity index (χ2n) is 4.40. The monoisotopic (exact) mass is 409 g/mol. The lowest BCUT2D eigenvalue weighted by Gasteiger charge is -2.15. The number of nitrogens with zero attached hydrogens (tertiary/aromatic N) is 2. The number of amides is 1. The summed E-state index contributed by atoms with van der Waals surface area (Å²) in [5.74, 6) is -11.7. The van der Waals surface area contributed by atoms with Gasteiger partial charge in [0.15, 0.2) is 28.1 Å². The minimum Gasteiger partial charge on any atom is -0.308 e. The molecule has 0 radical (unpaired) electrons. The fourth-order valence-electron chi connectivity index (χ4n) is 1.81. The van der Waals surface area contributed by atoms with E-state index in [2.05, 4.69) is 5.10 Å². The van der Waals surface area contributed by atoms with E-state index in [1.165, 1.54) is 0 Å². The van der Waals surface area contributed by atoms with E-state index < -0.39 is 57.3 Å². The van der Waals surface area contributed by atoms with Gasteiger partial charge in [0, 0.05) is 6.07 Å². The van der Waals surface area contributed by atoms with E-state index in [0.717, 1.165) is 12.3 Å². The summed E-state index contributed by atoms with van der Waals surface area (Å²) < 4.78 is 93.0. The van der Waals surface area contributed by atoms with E-state index >= 15 is 0 Å². The molecule has 1 amide bonds. The van der Waals surface area contributed by atoms with Crippen molar-refractivity contribution in [2.24, 2.45) is 0 Å². The number of hydrogen-bond donors (Lipinski definition) is 1. The minimum absolute atomic E-state index is 0.144. The average Bonchev–Trinajstić information content (AvgIpc) is 2.92. The van der Waals surface area contributed by atoms with E-state index in [1.807, 2.05) is 5.32 Å². The molecule has 0 saturated heterocycles. The lowest BCUT2D eigenvalue weighted by atomic mass is 10.1. The molecule has 13 heteroatoms. The molecule has 1 aromatic heterocycles. The number of benzene rings is 1. The van der Waals surface area contributed by atoms with Crippen LogP contribution in [0.15, 0.2) is 12.3 Å². The first-order chi connectivity index (χ1) is 11.5. The third-order valence-electron chi connectivity index (χ3n) is 2.83. The Morgan fingerprint density at radius 1 is 1.08 bits per heavy atom. The number of hydrogen-bond acceptors (Lipinski definition) is 2. The Morgan fingerprint density at radius 3 is 2.04 bits per heavy atom. The van der Waals surface area contributed by atoms with Crippen molar-refractivity contribution < 1.29 is 35.5 Å². The fourth-order valence-corrected chi connectivity index (χ4v) is 1.92. The molecule has 0 bridgehead atoms. The zero-order valence-electron chi connectivity index (χ0n) is 11.4. The van der Waals surface area contributed by atoms with Crippen molar-refractivity contribution in [2.75, 3.05) is 5.32 Å². The van der Waals surface area contributed by atoms with E-state index in [9.17, 15) is 35.5 Å². The Balaban J connectivity index is 2.67. The van der Waals surface area contributed by atoms with Gasteiger partial charge in [-0.1, -0.05) is 23.2 Å². The van der Waals surface area contributed by atoms with E-state index in [0.29, 0.717) is 0 Å². The number of rotatable bonds is 3. The average molecular weight is 410 g/mol. The molecule has 136 valence electrons. The van der Waals surface area contributed by atoms with Crippen LogP contribution in [0.3, 0.4) is 0 Å². The summed E-state index contributed by atoms with van der Waals surface area (Å²) in [5.41, 5.74) is -4.34. The normalized spacial score (nSPS) is 11.9. The predicted octanol–water partition coefficient (Wildman–Crippen LogP) is 4.19. The van der Waals surface area contributed by atoms with Gasteiger partial charge in [-0.2, -0.15) is 18.3 Å². The Hall–Kier alpha value is -2.01. The van der Waals surface area contributed by atoms with Gasteiger partial charge < -0.3 is 5.32 Å². The maximum Gasteiger partial charge on any atom is 0.422 e. The lowest BCUT2D eigenvalue weighted by molar-refractivity contribution is -0.143. The number of carbonyl (C=O) groups excluding carboxylic acids is 1. The second-order valence-corrected chi connectivity index (χ2v) is 5.49. The summed E-state index contributed by atoms with van der Waals surface area (Å²) >= 11 is 10.5. The molecule has 0 atom stereocenters. The summed E-state index contributed by atoms with van der Waals surface area (Å²) in [4.78, 5) is 9.77. The van der Waals surface area contributed by atoms with Crippen LogP contribution in [0.1, 0.15) is 5.56 Å². The molecule has 25 heavy (non-hydrogen) atoms. The molecule has 0 aliphatic heterocycles. The third-order valence-corrected chi connectivity index (χ3v) is 3.22. The SMILES string of the molecule is O=C(Nc1ccnn1-c1c(F)c(F)c(C(F)(F)F)c(F)c1F)C(Cl)Cl. The molecule has 0 spiro atoms. The van der Waals surface area contributed by atoms with Gasteiger partial charge in [-0.15, -0.1) is 0 Å². The first-order valence-electron chi connectivity index (χ1n) is 6.03. The number of alkyl halides is 5. The quantitative estimate of drug-likeness (QED) is 0.469. The summed E-state index contributed by atoms with van der Waals surface area (Å²) in [5, 5.41) is 5.24. The van der Waals surface area contributed by atoms with Gasteiger partial charge in [-0.25, -0.2) is 22.2 Å². The highest BCUT2D eigenvalue weighted by atomic mass is 35.5. The Kier molecular flexibility index (Phi) is 5.19. The molecular weight excluding hydrogens is 406 g/mol. The highest BCUT2D eigenvalue weighted by Crippen LogP contribution is 2.38. The number of carbonyl (C=O) groups is 1. The molecule has 2 aromatic rings. The third kappa shape index (κ3) is 3.52. The number of halogens is 9. The molecule has 1 aromatic carbocycles. The first kappa shape index (κ1) is 19.3. The predicted molar refractivity (Wildman–Crippen MR) is 72.5 cm³/mol. The van der Waals surface area contributed by atoms with Crippen molar-refractivity contribution in [1.29, 1.82) is 0 Å². The van der Waals surface area contributed by atoms with E-state index in [1.54, 1.807) is 0 Å². The Bertz CT molecular complexity index is 806. The van der Waals surface area contributed by atoms with E-state index in [-0.39, 0.29) is 4.68 Å². The van der Waals surface area contributed by atoms with Gasteiger partial charge in [0.05, 0.1) is 6.20 Å². The van der Waals surface area contributed by atoms with Crippen LogP contribution in [0.25, 0.3) is 5.69 Å². The zero-order valence-corrected chi connectivity index (χ0v) is 12.9. The molecule has 1 N–H and O–H groups in total. The molecule has 0 aliphatic carbocycles. The standard InChI is InChI=1S/C12H4Cl2F7N3O/c13-10(14)11(25)23-3-1-2-22-24(3)9-7(17)5(15)4(12(19,20)21)6(16)8(9)18/h1-2,10H,(H,23,25). The van der Waals surface area contributed by atoms with Crippen molar-refractivity contribution in [2.45, 2.75) is 11.0 Å². The summed E-state index contributed by atoms with van der Waals surface area (Å²) in [6.07, 6.45) is -4.83. The highest BCUT2D eigenvalue weighted by molar-refractivity contribution is 6.54.